The van der Waals surface area contributed by atoms with Crippen LogP contribution in [0, 0.1) is 11.6 Å². The van der Waals surface area contributed by atoms with Crippen molar-refractivity contribution in [1.82, 2.24) is 9.97 Å². The van der Waals surface area contributed by atoms with Crippen LogP contribution < -0.4 is 5.32 Å². The fraction of sp³-hybridized carbons (Fsp3) is 0.0435. The Labute approximate surface area is 175 Å². The maximum Gasteiger partial charge on any atom is 0.339 e. The summed E-state index contributed by atoms with van der Waals surface area (Å²) in [7, 11) is 0. The Balaban J connectivity index is 1.54. The maximum absolute atomic E-state index is 13.3. The largest absolute Gasteiger partial charge is 0.452 e. The summed E-state index contributed by atoms with van der Waals surface area (Å²) in [6.07, 6.45) is 3.24. The lowest BCUT2D eigenvalue weighted by molar-refractivity contribution is -0.119. The number of hydrogen-bond donors (Lipinski definition) is 1. The van der Waals surface area contributed by atoms with Crippen molar-refractivity contribution >= 4 is 28.5 Å². The van der Waals surface area contributed by atoms with Gasteiger partial charge in [-0.2, -0.15) is 0 Å². The van der Waals surface area contributed by atoms with E-state index in [1.165, 1.54) is 6.07 Å². The van der Waals surface area contributed by atoms with Crippen molar-refractivity contribution in [1.29, 1.82) is 0 Å². The van der Waals surface area contributed by atoms with Crippen LogP contribution in [0.2, 0.25) is 0 Å². The quantitative estimate of drug-likeness (QED) is 0.486. The van der Waals surface area contributed by atoms with Crippen molar-refractivity contribution in [3.63, 3.8) is 0 Å². The number of amides is 1. The molecule has 0 spiro atoms. The van der Waals surface area contributed by atoms with Gasteiger partial charge < -0.3 is 10.1 Å². The number of para-hydroxylation sites is 1. The summed E-state index contributed by atoms with van der Waals surface area (Å²) in [5, 5.41) is 2.92. The molecule has 4 rings (SSSR count). The van der Waals surface area contributed by atoms with E-state index in [1.807, 2.05) is 0 Å². The Morgan fingerprint density at radius 2 is 1.71 bits per heavy atom. The first-order valence-corrected chi connectivity index (χ1v) is 9.23. The van der Waals surface area contributed by atoms with Crippen molar-refractivity contribution in [3.8, 4) is 11.3 Å². The summed E-state index contributed by atoms with van der Waals surface area (Å²) in [6.45, 7) is -0.598. The van der Waals surface area contributed by atoms with Crippen LogP contribution in [0.25, 0.3) is 22.2 Å². The number of rotatable bonds is 5. The molecule has 0 fully saturated rings. The number of fused-ring (bicyclic) bond motifs is 1. The Hall–Kier alpha value is -4.20. The highest BCUT2D eigenvalue weighted by atomic mass is 19.2. The molecule has 8 heteroatoms. The van der Waals surface area contributed by atoms with Crippen LogP contribution in [-0.2, 0) is 9.53 Å². The topological polar surface area (TPSA) is 81.2 Å². The van der Waals surface area contributed by atoms with Gasteiger partial charge in [0.05, 0.1) is 16.8 Å². The van der Waals surface area contributed by atoms with Crippen molar-refractivity contribution in [2.45, 2.75) is 0 Å². The fourth-order valence-corrected chi connectivity index (χ4v) is 2.99. The predicted octanol–water partition coefficient (Wildman–Crippen LogP) is 4.37. The Morgan fingerprint density at radius 3 is 2.48 bits per heavy atom. The number of pyridine rings is 2. The van der Waals surface area contributed by atoms with Crippen LogP contribution in [-0.4, -0.2) is 28.5 Å². The molecule has 0 aliphatic heterocycles. The number of carbonyl (C=O) groups excluding carboxylic acids is 2. The molecule has 2 heterocycles. The lowest BCUT2D eigenvalue weighted by Crippen LogP contribution is -2.21. The molecule has 0 radical (unpaired) electrons. The van der Waals surface area contributed by atoms with Crippen LogP contribution in [0.1, 0.15) is 10.4 Å². The molecule has 31 heavy (non-hydrogen) atoms. The normalized spacial score (nSPS) is 10.6. The summed E-state index contributed by atoms with van der Waals surface area (Å²) in [6, 6.07) is 15.1. The monoisotopic (exact) mass is 419 g/mol. The van der Waals surface area contributed by atoms with Crippen molar-refractivity contribution in [2.75, 3.05) is 11.9 Å². The number of esters is 1. The molecule has 4 aromatic rings. The van der Waals surface area contributed by atoms with Gasteiger partial charge in [0.2, 0.25) is 0 Å². The third-order valence-electron chi connectivity index (χ3n) is 4.45. The highest BCUT2D eigenvalue weighted by molar-refractivity contribution is 6.05. The smallest absolute Gasteiger partial charge is 0.339 e. The second-order valence-corrected chi connectivity index (χ2v) is 6.56. The molecule has 0 saturated carbocycles. The molecule has 154 valence electrons. The number of halogens is 2. The van der Waals surface area contributed by atoms with Crippen LogP contribution in [0.5, 0.6) is 0 Å². The molecule has 0 aliphatic carbocycles. The molecule has 0 aliphatic rings. The second-order valence-electron chi connectivity index (χ2n) is 6.56. The van der Waals surface area contributed by atoms with Gasteiger partial charge in [-0.1, -0.05) is 18.2 Å². The Morgan fingerprint density at radius 1 is 0.935 bits per heavy atom. The first kappa shape index (κ1) is 20.1. The lowest BCUT2D eigenvalue weighted by atomic mass is 10.0. The predicted molar refractivity (Wildman–Crippen MR) is 110 cm³/mol. The first-order chi connectivity index (χ1) is 15.0. The van der Waals surface area contributed by atoms with Crippen LogP contribution >= 0.6 is 0 Å². The van der Waals surface area contributed by atoms with E-state index in [4.69, 9.17) is 4.74 Å². The zero-order valence-corrected chi connectivity index (χ0v) is 16.0. The van der Waals surface area contributed by atoms with E-state index >= 15 is 0 Å². The second kappa shape index (κ2) is 8.66. The van der Waals surface area contributed by atoms with E-state index in [-0.39, 0.29) is 11.3 Å². The van der Waals surface area contributed by atoms with E-state index in [9.17, 15) is 18.4 Å². The summed E-state index contributed by atoms with van der Waals surface area (Å²) in [5.41, 5.74) is 2.22. The standard InChI is InChI=1S/C23H15F2N3O3/c24-18-6-5-15(11-19(18)25)27-22(29)13-31-23(30)17-12-21(14-7-9-26-10-8-14)28-20-4-2-1-3-16(17)20/h1-12H,13H2,(H,27,29). The molecule has 0 saturated heterocycles. The summed E-state index contributed by atoms with van der Waals surface area (Å²) in [4.78, 5) is 33.4. The summed E-state index contributed by atoms with van der Waals surface area (Å²) >= 11 is 0. The van der Waals surface area contributed by atoms with Gasteiger partial charge in [0, 0.05) is 35.1 Å². The Kier molecular flexibility index (Phi) is 5.61. The number of aromatic nitrogens is 2. The lowest BCUT2D eigenvalue weighted by Gasteiger charge is -2.10. The highest BCUT2D eigenvalue weighted by Crippen LogP contribution is 2.25. The summed E-state index contributed by atoms with van der Waals surface area (Å²) in [5.74, 6) is -3.53. The molecular formula is C23H15F2N3O3. The molecular weight excluding hydrogens is 404 g/mol. The first-order valence-electron chi connectivity index (χ1n) is 9.23. The van der Waals surface area contributed by atoms with E-state index in [2.05, 4.69) is 15.3 Å². The molecule has 1 N–H and O–H groups in total. The summed E-state index contributed by atoms with van der Waals surface area (Å²) < 4.78 is 31.4. The van der Waals surface area contributed by atoms with Crippen molar-refractivity contribution in [3.05, 3.63) is 90.3 Å². The average molecular weight is 419 g/mol. The number of nitrogens with one attached hydrogen (secondary N) is 1. The number of nitrogens with zero attached hydrogens (tertiary/aromatic N) is 2. The molecule has 1 amide bonds. The molecule has 0 unspecified atom stereocenters. The number of anilines is 1. The van der Waals surface area contributed by atoms with Crippen LogP contribution in [0.3, 0.4) is 0 Å². The molecule has 2 aromatic heterocycles. The third kappa shape index (κ3) is 4.53. The van der Waals surface area contributed by atoms with Gasteiger partial charge in [-0.15, -0.1) is 0 Å². The van der Waals surface area contributed by atoms with Gasteiger partial charge in [-0.3, -0.25) is 9.78 Å². The SMILES string of the molecule is O=C(COC(=O)c1cc(-c2ccncc2)nc2ccccc12)Nc1ccc(F)c(F)c1. The third-order valence-corrected chi connectivity index (χ3v) is 4.45. The molecule has 0 atom stereocenters. The van der Waals surface area contributed by atoms with Gasteiger partial charge in [0.25, 0.3) is 5.91 Å². The van der Waals surface area contributed by atoms with Gasteiger partial charge in [-0.05, 0) is 36.4 Å². The number of hydrogen-bond acceptors (Lipinski definition) is 5. The van der Waals surface area contributed by atoms with E-state index < -0.39 is 30.1 Å². The molecule has 2 aromatic carbocycles. The zero-order valence-electron chi connectivity index (χ0n) is 16.0. The minimum Gasteiger partial charge on any atom is -0.452 e. The molecule has 6 nitrogen and oxygen atoms in total. The molecule has 0 bridgehead atoms. The van der Waals surface area contributed by atoms with E-state index in [0.717, 1.165) is 17.7 Å². The van der Waals surface area contributed by atoms with Crippen LogP contribution in [0.15, 0.2) is 73.1 Å². The minimum atomic E-state index is -1.10. The van der Waals surface area contributed by atoms with Gasteiger partial charge in [0.15, 0.2) is 18.2 Å². The van der Waals surface area contributed by atoms with Gasteiger partial charge in [0.1, 0.15) is 0 Å². The minimum absolute atomic E-state index is 0.0503. The number of ether oxygens (including phenoxy) is 1. The van der Waals surface area contributed by atoms with Crippen molar-refractivity contribution in [2.24, 2.45) is 0 Å². The van der Waals surface area contributed by atoms with E-state index in [0.29, 0.717) is 16.6 Å². The Bertz CT molecular complexity index is 1280. The highest BCUT2D eigenvalue weighted by Gasteiger charge is 2.17. The maximum atomic E-state index is 13.3. The number of benzene rings is 2. The number of carbonyl (C=O) groups is 2. The van der Waals surface area contributed by atoms with Crippen LogP contribution in [0.4, 0.5) is 14.5 Å². The zero-order chi connectivity index (χ0) is 21.8. The van der Waals surface area contributed by atoms with E-state index in [1.54, 1.807) is 54.9 Å². The average Bonchev–Trinajstić information content (AvgIpc) is 2.79. The van der Waals surface area contributed by atoms with Crippen molar-refractivity contribution < 1.29 is 23.1 Å². The van der Waals surface area contributed by atoms with Gasteiger partial charge >= 0.3 is 5.97 Å². The fourth-order valence-electron chi connectivity index (χ4n) is 2.99. The van der Waals surface area contributed by atoms with Gasteiger partial charge in [-0.25, -0.2) is 18.6 Å².